The molecule has 2 aromatic rings. The standard InChI is InChI=1S/C21H23N3O8S/c1-4-32-20(26)16-12(2)17(21(27)30-3)33-19(16)22-18(25)13-5-6-14(15(11-13)24(28)29)23-7-9-31-10-8-23/h5-6,11H,4,7-10H2,1-3H3,(H,22,25). The highest BCUT2D eigenvalue weighted by atomic mass is 32.1. The molecule has 1 amide bonds. The lowest BCUT2D eigenvalue weighted by atomic mass is 10.1. The van der Waals surface area contributed by atoms with Gasteiger partial charge in [0.25, 0.3) is 11.6 Å². The first kappa shape index (κ1) is 24.1. The van der Waals surface area contributed by atoms with Crippen molar-refractivity contribution in [3.63, 3.8) is 0 Å². The topological polar surface area (TPSA) is 137 Å². The van der Waals surface area contributed by atoms with Gasteiger partial charge in [-0.1, -0.05) is 0 Å². The number of morpholine rings is 1. The molecule has 1 saturated heterocycles. The van der Waals surface area contributed by atoms with Gasteiger partial charge in [-0.2, -0.15) is 0 Å². The number of benzene rings is 1. The van der Waals surface area contributed by atoms with Crippen LogP contribution in [0.2, 0.25) is 0 Å². The van der Waals surface area contributed by atoms with Crippen molar-refractivity contribution in [3.05, 3.63) is 49.9 Å². The lowest BCUT2D eigenvalue weighted by Crippen LogP contribution is -2.36. The van der Waals surface area contributed by atoms with Crippen LogP contribution < -0.4 is 10.2 Å². The highest BCUT2D eigenvalue weighted by Crippen LogP contribution is 2.35. The molecule has 0 aliphatic carbocycles. The zero-order valence-corrected chi connectivity index (χ0v) is 19.2. The van der Waals surface area contributed by atoms with Crippen molar-refractivity contribution in [3.8, 4) is 0 Å². The van der Waals surface area contributed by atoms with Gasteiger partial charge in [-0.15, -0.1) is 11.3 Å². The third-order valence-corrected chi connectivity index (χ3v) is 6.20. The van der Waals surface area contributed by atoms with Crippen LogP contribution in [0.4, 0.5) is 16.4 Å². The van der Waals surface area contributed by atoms with E-state index < -0.39 is 22.8 Å². The molecule has 0 saturated carbocycles. The number of nitro groups is 1. The summed E-state index contributed by atoms with van der Waals surface area (Å²) in [7, 11) is 1.21. The normalized spacial score (nSPS) is 13.4. The molecule has 33 heavy (non-hydrogen) atoms. The van der Waals surface area contributed by atoms with Crippen LogP contribution in [0.1, 0.15) is 42.9 Å². The third kappa shape index (κ3) is 5.12. The van der Waals surface area contributed by atoms with E-state index in [4.69, 9.17) is 14.2 Å². The summed E-state index contributed by atoms with van der Waals surface area (Å²) in [5, 5.41) is 14.4. The highest BCUT2D eigenvalue weighted by molar-refractivity contribution is 7.18. The van der Waals surface area contributed by atoms with Gasteiger partial charge in [0.1, 0.15) is 15.6 Å². The molecule has 1 aromatic heterocycles. The van der Waals surface area contributed by atoms with E-state index >= 15 is 0 Å². The molecule has 2 heterocycles. The first-order valence-electron chi connectivity index (χ1n) is 10.1. The summed E-state index contributed by atoms with van der Waals surface area (Å²) in [5.41, 5.74) is 0.559. The minimum atomic E-state index is -0.703. The van der Waals surface area contributed by atoms with Crippen LogP contribution >= 0.6 is 11.3 Å². The Balaban J connectivity index is 1.95. The van der Waals surface area contributed by atoms with E-state index in [0.29, 0.717) is 37.6 Å². The number of amides is 1. The number of methoxy groups -OCH3 is 1. The fourth-order valence-corrected chi connectivity index (χ4v) is 4.50. The van der Waals surface area contributed by atoms with Gasteiger partial charge in [0.2, 0.25) is 0 Å². The van der Waals surface area contributed by atoms with Gasteiger partial charge in [-0.05, 0) is 31.5 Å². The number of hydrogen-bond acceptors (Lipinski definition) is 10. The summed E-state index contributed by atoms with van der Waals surface area (Å²) in [6.07, 6.45) is 0. The Bertz CT molecular complexity index is 1090. The van der Waals surface area contributed by atoms with Crippen molar-refractivity contribution in [1.82, 2.24) is 0 Å². The van der Waals surface area contributed by atoms with Crippen LogP contribution in [-0.4, -0.2) is 62.8 Å². The van der Waals surface area contributed by atoms with Crippen molar-refractivity contribution in [2.75, 3.05) is 50.2 Å². The highest BCUT2D eigenvalue weighted by Gasteiger charge is 2.28. The van der Waals surface area contributed by atoms with Gasteiger partial charge in [-0.25, -0.2) is 9.59 Å². The minimum Gasteiger partial charge on any atom is -0.465 e. The second-order valence-electron chi connectivity index (χ2n) is 6.99. The molecule has 11 nitrogen and oxygen atoms in total. The molecule has 0 unspecified atom stereocenters. The summed E-state index contributed by atoms with van der Waals surface area (Å²) in [6, 6.07) is 4.18. The van der Waals surface area contributed by atoms with E-state index in [1.54, 1.807) is 13.8 Å². The number of nitro benzene ring substituents is 1. The maximum atomic E-state index is 12.9. The second-order valence-corrected chi connectivity index (χ2v) is 8.01. The molecule has 12 heteroatoms. The summed E-state index contributed by atoms with van der Waals surface area (Å²) < 4.78 is 15.1. The van der Waals surface area contributed by atoms with Crippen LogP contribution in [0.3, 0.4) is 0 Å². The molecular weight excluding hydrogens is 454 g/mol. The summed E-state index contributed by atoms with van der Waals surface area (Å²) in [4.78, 5) is 50.6. The number of anilines is 2. The number of thiophene rings is 1. The summed E-state index contributed by atoms with van der Waals surface area (Å²) >= 11 is 0.869. The third-order valence-electron chi connectivity index (χ3n) is 5.01. The predicted octanol–water partition coefficient (Wildman–Crippen LogP) is 3.02. The molecule has 0 spiro atoms. The zero-order valence-electron chi connectivity index (χ0n) is 18.3. The van der Waals surface area contributed by atoms with Crippen molar-refractivity contribution < 1.29 is 33.5 Å². The van der Waals surface area contributed by atoms with E-state index in [-0.39, 0.29) is 33.3 Å². The number of nitrogens with one attached hydrogen (secondary N) is 1. The maximum absolute atomic E-state index is 12.9. The van der Waals surface area contributed by atoms with Gasteiger partial charge in [0, 0.05) is 24.7 Å². The monoisotopic (exact) mass is 477 g/mol. The minimum absolute atomic E-state index is 0.0270. The second kappa shape index (κ2) is 10.4. The van der Waals surface area contributed by atoms with Crippen molar-refractivity contribution in [2.45, 2.75) is 13.8 Å². The molecule has 1 N–H and O–H groups in total. The molecular formula is C21H23N3O8S. The van der Waals surface area contributed by atoms with Crippen LogP contribution in [0, 0.1) is 17.0 Å². The van der Waals surface area contributed by atoms with Gasteiger partial charge >= 0.3 is 11.9 Å². The molecule has 176 valence electrons. The van der Waals surface area contributed by atoms with E-state index in [1.807, 2.05) is 4.90 Å². The smallest absolute Gasteiger partial charge is 0.348 e. The SMILES string of the molecule is CCOC(=O)c1c(NC(=O)c2ccc(N3CCOCC3)c([N+](=O)[O-])c2)sc(C(=O)OC)c1C. The van der Waals surface area contributed by atoms with Crippen molar-refractivity contribution in [1.29, 1.82) is 0 Å². The van der Waals surface area contributed by atoms with Gasteiger partial charge in [0.05, 0.1) is 37.4 Å². The summed E-state index contributed by atoms with van der Waals surface area (Å²) in [5.74, 6) is -2.03. The Labute approximate surface area is 193 Å². The Kier molecular flexibility index (Phi) is 7.61. The molecule has 1 aromatic carbocycles. The first-order valence-corrected chi connectivity index (χ1v) is 10.9. The Hall–Kier alpha value is -3.51. The largest absolute Gasteiger partial charge is 0.465 e. The van der Waals surface area contributed by atoms with Crippen LogP contribution in [0.15, 0.2) is 18.2 Å². The number of carbonyl (C=O) groups excluding carboxylic acids is 3. The fraction of sp³-hybridized carbons (Fsp3) is 0.381. The number of esters is 2. The van der Waals surface area contributed by atoms with Gasteiger partial charge in [0.15, 0.2) is 0 Å². The Morgan fingerprint density at radius 2 is 1.94 bits per heavy atom. The van der Waals surface area contributed by atoms with Crippen LogP contribution in [0.25, 0.3) is 0 Å². The fourth-order valence-electron chi connectivity index (χ4n) is 3.40. The van der Waals surface area contributed by atoms with Gasteiger partial charge < -0.3 is 24.4 Å². The molecule has 3 rings (SSSR count). The number of rotatable bonds is 7. The Morgan fingerprint density at radius 3 is 2.55 bits per heavy atom. The quantitative estimate of drug-likeness (QED) is 0.362. The van der Waals surface area contributed by atoms with E-state index in [9.17, 15) is 24.5 Å². The lowest BCUT2D eigenvalue weighted by Gasteiger charge is -2.28. The first-order chi connectivity index (χ1) is 15.8. The van der Waals surface area contributed by atoms with E-state index in [1.165, 1.54) is 25.3 Å². The average molecular weight is 477 g/mol. The maximum Gasteiger partial charge on any atom is 0.348 e. The van der Waals surface area contributed by atoms with Gasteiger partial charge in [-0.3, -0.25) is 14.9 Å². The number of hydrogen-bond donors (Lipinski definition) is 1. The van der Waals surface area contributed by atoms with Crippen LogP contribution in [-0.2, 0) is 14.2 Å². The van der Waals surface area contributed by atoms with Crippen LogP contribution in [0.5, 0.6) is 0 Å². The predicted molar refractivity (Wildman–Crippen MR) is 120 cm³/mol. The number of ether oxygens (including phenoxy) is 3. The molecule has 1 fully saturated rings. The number of carbonyl (C=O) groups is 3. The van der Waals surface area contributed by atoms with Crippen molar-refractivity contribution in [2.24, 2.45) is 0 Å². The van der Waals surface area contributed by atoms with E-state index in [2.05, 4.69) is 5.32 Å². The Morgan fingerprint density at radius 1 is 1.24 bits per heavy atom. The number of nitrogens with zero attached hydrogens (tertiary/aromatic N) is 2. The molecule has 0 radical (unpaired) electrons. The van der Waals surface area contributed by atoms with Crippen molar-refractivity contribution >= 4 is 45.6 Å². The average Bonchev–Trinajstić information content (AvgIpc) is 3.14. The molecule has 1 aliphatic rings. The molecule has 1 aliphatic heterocycles. The lowest BCUT2D eigenvalue weighted by molar-refractivity contribution is -0.384. The summed E-state index contributed by atoms with van der Waals surface area (Å²) in [6.45, 7) is 5.19. The molecule has 0 atom stereocenters. The molecule has 0 bridgehead atoms. The zero-order chi connectivity index (χ0) is 24.1. The van der Waals surface area contributed by atoms with E-state index in [0.717, 1.165) is 11.3 Å².